The average Bonchev–Trinajstić information content (AvgIpc) is 3.67. The molecule has 0 aliphatic rings. The highest BCUT2D eigenvalue weighted by Gasteiger charge is 2.19. The molecule has 0 aliphatic heterocycles. The topological polar surface area (TPSA) is 115 Å². The van der Waals surface area contributed by atoms with E-state index in [2.05, 4.69) is 0 Å². The number of aliphatic hydroxyl groups excluding tert-OH is 2. The van der Waals surface area contributed by atoms with Crippen molar-refractivity contribution in [1.82, 2.24) is 0 Å². The van der Waals surface area contributed by atoms with Crippen molar-refractivity contribution in [3.8, 4) is 40.4 Å². The number of benzene rings is 2. The third-order valence-corrected chi connectivity index (χ3v) is 10.1. The lowest BCUT2D eigenvalue weighted by Gasteiger charge is -2.04. The van der Waals surface area contributed by atoms with Crippen LogP contribution in [0.25, 0.3) is 40.4 Å². The molecular formula is C30H24O6S3. The molecule has 0 spiro atoms. The van der Waals surface area contributed by atoms with Crippen molar-refractivity contribution >= 4 is 45.9 Å². The van der Waals surface area contributed by atoms with Crippen LogP contribution in [-0.2, 0) is 35.6 Å². The fourth-order valence-electron chi connectivity index (χ4n) is 4.40. The first-order chi connectivity index (χ1) is 18.8. The van der Waals surface area contributed by atoms with Crippen molar-refractivity contribution in [2.45, 2.75) is 26.1 Å². The molecule has 0 fully saturated rings. The summed E-state index contributed by atoms with van der Waals surface area (Å²) in [5.74, 6) is -1.82. The van der Waals surface area contributed by atoms with Gasteiger partial charge in [-0.1, -0.05) is 36.4 Å². The zero-order valence-electron chi connectivity index (χ0n) is 20.6. The summed E-state index contributed by atoms with van der Waals surface area (Å²) in [6.45, 7) is -0.183. The van der Waals surface area contributed by atoms with Gasteiger partial charge in [-0.15, -0.1) is 34.0 Å². The quantitative estimate of drug-likeness (QED) is 0.146. The molecule has 0 radical (unpaired) electrons. The predicted octanol–water partition coefficient (Wildman–Crippen LogP) is 6.78. The van der Waals surface area contributed by atoms with Gasteiger partial charge in [0.25, 0.3) is 0 Å². The van der Waals surface area contributed by atoms with Gasteiger partial charge in [0.1, 0.15) is 0 Å². The molecule has 3 heterocycles. The fourth-order valence-corrected chi connectivity index (χ4v) is 7.92. The average molecular weight is 577 g/mol. The first kappa shape index (κ1) is 27.0. The van der Waals surface area contributed by atoms with Gasteiger partial charge in [-0.25, -0.2) is 0 Å². The lowest BCUT2D eigenvalue weighted by atomic mass is 10.0. The lowest BCUT2D eigenvalue weighted by Crippen LogP contribution is -1.99. The maximum absolute atomic E-state index is 11.6. The van der Waals surface area contributed by atoms with Crippen molar-refractivity contribution < 1.29 is 30.0 Å². The molecule has 2 aromatic carbocycles. The van der Waals surface area contributed by atoms with Crippen LogP contribution >= 0.6 is 34.0 Å². The van der Waals surface area contributed by atoms with E-state index in [-0.39, 0.29) is 26.1 Å². The Morgan fingerprint density at radius 1 is 0.564 bits per heavy atom. The number of carboxylic acids is 2. The van der Waals surface area contributed by atoms with Gasteiger partial charge in [0.05, 0.1) is 26.1 Å². The summed E-state index contributed by atoms with van der Waals surface area (Å²) in [5.41, 5.74) is 4.71. The molecule has 0 aliphatic carbocycles. The van der Waals surface area contributed by atoms with Crippen LogP contribution in [0.4, 0.5) is 0 Å². The number of carbonyl (C=O) groups is 2. The van der Waals surface area contributed by atoms with Crippen molar-refractivity contribution in [2.24, 2.45) is 0 Å². The minimum absolute atomic E-state index is 0.0917. The summed E-state index contributed by atoms with van der Waals surface area (Å²) < 4.78 is 0. The van der Waals surface area contributed by atoms with Gasteiger partial charge >= 0.3 is 11.9 Å². The van der Waals surface area contributed by atoms with Gasteiger partial charge in [-0.05, 0) is 69.8 Å². The van der Waals surface area contributed by atoms with Gasteiger partial charge in [0.15, 0.2) is 0 Å². The van der Waals surface area contributed by atoms with Crippen LogP contribution in [0.5, 0.6) is 0 Å². The molecular weight excluding hydrogens is 553 g/mol. The minimum Gasteiger partial charge on any atom is -0.481 e. The molecule has 0 unspecified atom stereocenters. The van der Waals surface area contributed by atoms with E-state index in [1.807, 2.05) is 72.8 Å². The molecule has 0 saturated heterocycles. The highest BCUT2D eigenvalue weighted by atomic mass is 32.1. The Kier molecular flexibility index (Phi) is 8.06. The van der Waals surface area contributed by atoms with Gasteiger partial charge < -0.3 is 20.4 Å². The molecule has 0 saturated carbocycles. The normalized spacial score (nSPS) is 11.1. The zero-order valence-corrected chi connectivity index (χ0v) is 23.0. The summed E-state index contributed by atoms with van der Waals surface area (Å²) in [4.78, 5) is 28.8. The first-order valence-corrected chi connectivity index (χ1v) is 14.5. The van der Waals surface area contributed by atoms with Crippen molar-refractivity contribution in [3.05, 3.63) is 95.1 Å². The van der Waals surface area contributed by atoms with E-state index >= 15 is 0 Å². The van der Waals surface area contributed by atoms with Crippen LogP contribution in [0.1, 0.15) is 22.3 Å². The van der Waals surface area contributed by atoms with E-state index < -0.39 is 11.9 Å². The molecule has 0 bridgehead atoms. The van der Waals surface area contributed by atoms with Crippen molar-refractivity contribution in [2.75, 3.05) is 0 Å². The highest BCUT2D eigenvalue weighted by molar-refractivity contribution is 7.28. The molecule has 3 aromatic heterocycles. The van der Waals surface area contributed by atoms with Crippen LogP contribution in [0, 0.1) is 0 Å². The molecule has 6 nitrogen and oxygen atoms in total. The van der Waals surface area contributed by atoms with E-state index in [1.165, 1.54) is 22.7 Å². The number of carboxylic acid groups (broad SMARTS) is 2. The summed E-state index contributed by atoms with van der Waals surface area (Å²) in [5, 5.41) is 38.1. The fraction of sp³-hybridized carbons (Fsp3) is 0.133. The summed E-state index contributed by atoms with van der Waals surface area (Å²) in [7, 11) is 0. The SMILES string of the molecule is O=C(O)Cc1cc(-c2ccc(-c3cc(CC(=O)O)c(-c4cccc(CO)c4)s3)s2)sc1-c1cccc(CO)c1. The molecule has 198 valence electrons. The second-order valence-electron chi connectivity index (χ2n) is 8.95. The number of rotatable bonds is 10. The molecule has 9 heteroatoms. The molecule has 5 rings (SSSR count). The largest absolute Gasteiger partial charge is 0.481 e. The van der Waals surface area contributed by atoms with Crippen LogP contribution < -0.4 is 0 Å². The minimum atomic E-state index is -0.909. The predicted molar refractivity (Wildman–Crippen MR) is 156 cm³/mol. The second kappa shape index (κ2) is 11.6. The van der Waals surface area contributed by atoms with E-state index in [9.17, 15) is 30.0 Å². The maximum Gasteiger partial charge on any atom is 0.307 e. The van der Waals surface area contributed by atoms with Crippen LogP contribution in [0.15, 0.2) is 72.8 Å². The number of hydrogen-bond donors (Lipinski definition) is 4. The Morgan fingerprint density at radius 2 is 1.00 bits per heavy atom. The van der Waals surface area contributed by atoms with Gasteiger partial charge in [0.2, 0.25) is 0 Å². The Labute approximate surface area is 236 Å². The van der Waals surface area contributed by atoms with E-state index in [0.717, 1.165) is 62.6 Å². The number of hydrogen-bond acceptors (Lipinski definition) is 7. The van der Waals surface area contributed by atoms with E-state index in [1.54, 1.807) is 11.3 Å². The summed E-state index contributed by atoms with van der Waals surface area (Å²) in [6.07, 6.45) is -0.208. The van der Waals surface area contributed by atoms with E-state index in [4.69, 9.17) is 0 Å². The Balaban J connectivity index is 1.53. The van der Waals surface area contributed by atoms with Crippen molar-refractivity contribution in [3.63, 3.8) is 0 Å². The van der Waals surface area contributed by atoms with Crippen LogP contribution in [-0.4, -0.2) is 32.4 Å². The van der Waals surface area contributed by atoms with Crippen molar-refractivity contribution in [1.29, 1.82) is 0 Å². The highest BCUT2D eigenvalue weighted by Crippen LogP contribution is 2.46. The first-order valence-electron chi connectivity index (χ1n) is 12.0. The third-order valence-electron chi connectivity index (χ3n) is 6.14. The second-order valence-corrected chi connectivity index (χ2v) is 12.1. The summed E-state index contributed by atoms with van der Waals surface area (Å²) in [6, 6.07) is 22.8. The Bertz CT molecular complexity index is 1540. The maximum atomic E-state index is 11.6. The molecule has 0 atom stereocenters. The number of aliphatic carboxylic acids is 2. The van der Waals surface area contributed by atoms with Crippen LogP contribution in [0.3, 0.4) is 0 Å². The molecule has 39 heavy (non-hydrogen) atoms. The standard InChI is InChI=1S/C30H24O6S3/c31-15-17-3-1-5-19(9-17)29-21(13-27(33)34)11-25(38-29)23-7-8-24(37-23)26-12-22(14-28(35)36)30(39-26)20-6-2-4-18(10-20)16-32/h1-12,31-32H,13-16H2,(H,33,34)(H,35,36). The van der Waals surface area contributed by atoms with Gasteiger partial charge in [-0.2, -0.15) is 0 Å². The lowest BCUT2D eigenvalue weighted by molar-refractivity contribution is -0.137. The van der Waals surface area contributed by atoms with Crippen LogP contribution in [0.2, 0.25) is 0 Å². The Morgan fingerprint density at radius 3 is 1.38 bits per heavy atom. The summed E-state index contributed by atoms with van der Waals surface area (Å²) >= 11 is 4.61. The third kappa shape index (κ3) is 6.03. The molecule has 0 amide bonds. The number of aliphatic hydroxyl groups is 2. The van der Waals surface area contributed by atoms with E-state index in [0.29, 0.717) is 0 Å². The zero-order chi connectivity index (χ0) is 27.5. The monoisotopic (exact) mass is 576 g/mol. The molecule has 4 N–H and O–H groups in total. The molecule has 5 aromatic rings. The Hall–Kier alpha value is -3.60. The number of thiophene rings is 3. The smallest absolute Gasteiger partial charge is 0.307 e. The van der Waals surface area contributed by atoms with Gasteiger partial charge in [-0.3, -0.25) is 9.59 Å². The van der Waals surface area contributed by atoms with Gasteiger partial charge in [0, 0.05) is 29.3 Å².